The highest BCUT2D eigenvalue weighted by molar-refractivity contribution is 5.25. The Balaban J connectivity index is 0.000000873. The van der Waals surface area contributed by atoms with Crippen LogP contribution in [0.15, 0.2) is 36.9 Å². The monoisotopic (exact) mass is 249 g/mol. The highest BCUT2D eigenvalue weighted by Gasteiger charge is 2.08. The Bertz CT molecular complexity index is 318. The lowest BCUT2D eigenvalue weighted by atomic mass is 10.0. The Labute approximate surface area is 112 Å². The van der Waals surface area contributed by atoms with E-state index < -0.39 is 0 Å². The molecule has 2 heteroatoms. The van der Waals surface area contributed by atoms with Crippen LogP contribution in [-0.2, 0) is 6.54 Å². The summed E-state index contributed by atoms with van der Waals surface area (Å²) in [6.45, 7) is 12.8. The Hall–Kier alpha value is -1.28. The maximum Gasteiger partial charge on any atom is 0.115 e. The van der Waals surface area contributed by atoms with Gasteiger partial charge in [0.05, 0.1) is 0 Å². The average molecular weight is 249 g/mol. The number of benzene rings is 1. The van der Waals surface area contributed by atoms with Gasteiger partial charge in [0, 0.05) is 12.6 Å². The third-order valence-corrected chi connectivity index (χ3v) is 3.06. The van der Waals surface area contributed by atoms with Crippen LogP contribution in [0.1, 0.15) is 39.7 Å². The van der Waals surface area contributed by atoms with E-state index in [4.69, 9.17) is 5.11 Å². The van der Waals surface area contributed by atoms with Crippen LogP contribution in [0.2, 0.25) is 0 Å². The standard InChI is InChI=1S/C13H21NO.C3H6/c1-4-10(2)11(3)14-9-12-5-7-13(15)8-6-12;1-3-2/h5-8,10-11,14-15H,4,9H2,1-3H3;3H,1H2,2H3. The van der Waals surface area contributed by atoms with Gasteiger partial charge < -0.3 is 10.4 Å². The summed E-state index contributed by atoms with van der Waals surface area (Å²) >= 11 is 0. The van der Waals surface area contributed by atoms with E-state index >= 15 is 0 Å². The summed E-state index contributed by atoms with van der Waals surface area (Å²) in [5, 5.41) is 12.6. The van der Waals surface area contributed by atoms with Gasteiger partial charge in [0.15, 0.2) is 0 Å². The van der Waals surface area contributed by atoms with Crippen molar-refractivity contribution in [3.05, 3.63) is 42.5 Å². The molecule has 0 heterocycles. The molecule has 102 valence electrons. The Morgan fingerprint density at radius 1 is 1.28 bits per heavy atom. The highest BCUT2D eigenvalue weighted by Crippen LogP contribution is 2.11. The molecule has 1 rings (SSSR count). The zero-order chi connectivity index (χ0) is 14.0. The van der Waals surface area contributed by atoms with Crippen LogP contribution in [0.5, 0.6) is 5.75 Å². The number of allylic oxidation sites excluding steroid dienone is 1. The maximum absolute atomic E-state index is 9.14. The van der Waals surface area contributed by atoms with Gasteiger partial charge in [-0.25, -0.2) is 0 Å². The first-order valence-electron chi connectivity index (χ1n) is 6.63. The lowest BCUT2D eigenvalue weighted by Gasteiger charge is -2.19. The van der Waals surface area contributed by atoms with Crippen LogP contribution in [0, 0.1) is 5.92 Å². The van der Waals surface area contributed by atoms with E-state index in [1.54, 1.807) is 18.2 Å². The van der Waals surface area contributed by atoms with Gasteiger partial charge in [0.1, 0.15) is 5.75 Å². The van der Waals surface area contributed by atoms with Crippen molar-refractivity contribution < 1.29 is 5.11 Å². The molecule has 0 aromatic heterocycles. The molecule has 2 unspecified atom stereocenters. The number of hydrogen-bond donors (Lipinski definition) is 2. The molecule has 0 fully saturated rings. The summed E-state index contributed by atoms with van der Waals surface area (Å²) in [5.74, 6) is 1.02. The quantitative estimate of drug-likeness (QED) is 0.770. The van der Waals surface area contributed by atoms with Gasteiger partial charge in [0.25, 0.3) is 0 Å². The first-order chi connectivity index (χ1) is 8.54. The van der Waals surface area contributed by atoms with Crippen molar-refractivity contribution >= 4 is 0 Å². The number of nitrogens with one attached hydrogen (secondary N) is 1. The largest absolute Gasteiger partial charge is 0.508 e. The first-order valence-corrected chi connectivity index (χ1v) is 6.63. The summed E-state index contributed by atoms with van der Waals surface area (Å²) in [7, 11) is 0. The predicted octanol–water partition coefficient (Wildman–Crippen LogP) is 4.11. The molecule has 0 spiro atoms. The third-order valence-electron chi connectivity index (χ3n) is 3.06. The zero-order valence-corrected chi connectivity index (χ0v) is 12.1. The summed E-state index contributed by atoms with van der Waals surface area (Å²) < 4.78 is 0. The van der Waals surface area contributed by atoms with E-state index in [0.29, 0.717) is 17.7 Å². The Morgan fingerprint density at radius 3 is 2.22 bits per heavy atom. The maximum atomic E-state index is 9.14. The van der Waals surface area contributed by atoms with Gasteiger partial charge in [-0.05, 0) is 37.5 Å². The van der Waals surface area contributed by atoms with Gasteiger partial charge >= 0.3 is 0 Å². The molecule has 0 aliphatic rings. The molecule has 1 aromatic rings. The van der Waals surface area contributed by atoms with Crippen molar-refractivity contribution in [3.63, 3.8) is 0 Å². The topological polar surface area (TPSA) is 32.3 Å². The van der Waals surface area contributed by atoms with Gasteiger partial charge in [-0.15, -0.1) is 6.58 Å². The summed E-state index contributed by atoms with van der Waals surface area (Å²) in [5.41, 5.74) is 1.21. The molecule has 0 radical (unpaired) electrons. The minimum absolute atomic E-state index is 0.328. The number of aromatic hydroxyl groups is 1. The molecule has 2 nitrogen and oxygen atoms in total. The lowest BCUT2D eigenvalue weighted by molar-refractivity contribution is 0.389. The van der Waals surface area contributed by atoms with E-state index in [2.05, 4.69) is 32.7 Å². The summed E-state index contributed by atoms with van der Waals surface area (Å²) in [6, 6.07) is 7.89. The van der Waals surface area contributed by atoms with Gasteiger partial charge in [-0.2, -0.15) is 0 Å². The minimum Gasteiger partial charge on any atom is -0.508 e. The zero-order valence-electron chi connectivity index (χ0n) is 12.1. The van der Waals surface area contributed by atoms with Gasteiger partial charge in [0.2, 0.25) is 0 Å². The third kappa shape index (κ3) is 7.13. The van der Waals surface area contributed by atoms with E-state index in [1.807, 2.05) is 19.1 Å². The van der Waals surface area contributed by atoms with Crippen molar-refractivity contribution in [2.45, 2.75) is 46.7 Å². The van der Waals surface area contributed by atoms with Crippen molar-refractivity contribution in [2.24, 2.45) is 5.92 Å². The fourth-order valence-corrected chi connectivity index (χ4v) is 1.45. The molecular formula is C16H27NO. The molecule has 2 N–H and O–H groups in total. The van der Waals surface area contributed by atoms with E-state index in [0.717, 1.165) is 6.54 Å². The lowest BCUT2D eigenvalue weighted by Crippen LogP contribution is -2.31. The molecule has 18 heavy (non-hydrogen) atoms. The van der Waals surface area contributed by atoms with Crippen LogP contribution in [0.25, 0.3) is 0 Å². The molecule has 0 amide bonds. The minimum atomic E-state index is 0.328. The fourth-order valence-electron chi connectivity index (χ4n) is 1.45. The Morgan fingerprint density at radius 2 is 1.78 bits per heavy atom. The van der Waals surface area contributed by atoms with Crippen LogP contribution >= 0.6 is 0 Å². The molecule has 0 aliphatic heterocycles. The molecule has 1 aromatic carbocycles. The number of rotatable bonds is 5. The van der Waals surface area contributed by atoms with Gasteiger partial charge in [-0.1, -0.05) is 38.5 Å². The van der Waals surface area contributed by atoms with Crippen LogP contribution in [-0.4, -0.2) is 11.1 Å². The molecular weight excluding hydrogens is 222 g/mol. The van der Waals surface area contributed by atoms with Crippen molar-refractivity contribution in [2.75, 3.05) is 0 Å². The number of phenolic OH excluding ortho intramolecular Hbond substituents is 1. The van der Waals surface area contributed by atoms with E-state index in [-0.39, 0.29) is 0 Å². The summed E-state index contributed by atoms with van der Waals surface area (Å²) in [4.78, 5) is 0. The molecule has 0 aliphatic carbocycles. The Kier molecular flexibility index (Phi) is 9.03. The van der Waals surface area contributed by atoms with Crippen molar-refractivity contribution in [3.8, 4) is 5.75 Å². The van der Waals surface area contributed by atoms with E-state index in [9.17, 15) is 0 Å². The number of phenols is 1. The molecule has 0 saturated carbocycles. The normalized spacial score (nSPS) is 13.1. The number of hydrogen-bond acceptors (Lipinski definition) is 2. The van der Waals surface area contributed by atoms with Crippen molar-refractivity contribution in [1.29, 1.82) is 0 Å². The van der Waals surface area contributed by atoms with E-state index in [1.165, 1.54) is 12.0 Å². The second-order valence-corrected chi connectivity index (χ2v) is 4.63. The smallest absolute Gasteiger partial charge is 0.115 e. The van der Waals surface area contributed by atoms with Crippen LogP contribution in [0.3, 0.4) is 0 Å². The van der Waals surface area contributed by atoms with Crippen molar-refractivity contribution in [1.82, 2.24) is 5.32 Å². The second-order valence-electron chi connectivity index (χ2n) is 4.63. The van der Waals surface area contributed by atoms with Crippen LogP contribution in [0.4, 0.5) is 0 Å². The average Bonchev–Trinajstić information content (AvgIpc) is 2.37. The fraction of sp³-hybridized carbons (Fsp3) is 0.500. The second kappa shape index (κ2) is 9.72. The highest BCUT2D eigenvalue weighted by atomic mass is 16.3. The SMILES string of the molecule is C=CC.CCC(C)C(C)NCc1ccc(O)cc1. The molecule has 0 saturated heterocycles. The molecule has 2 atom stereocenters. The van der Waals surface area contributed by atoms with Gasteiger partial charge in [-0.3, -0.25) is 0 Å². The summed E-state index contributed by atoms with van der Waals surface area (Å²) in [6.07, 6.45) is 2.95. The predicted molar refractivity (Wildman–Crippen MR) is 79.7 cm³/mol. The van der Waals surface area contributed by atoms with Crippen LogP contribution < -0.4 is 5.32 Å². The first kappa shape index (κ1) is 16.7. The molecule has 0 bridgehead atoms.